The zero-order valence-electron chi connectivity index (χ0n) is 66.7. The summed E-state index contributed by atoms with van der Waals surface area (Å²) in [5, 5.41) is 0. The lowest BCUT2D eigenvalue weighted by Gasteiger charge is -2.58. The van der Waals surface area contributed by atoms with E-state index in [0.717, 1.165) is 0 Å². The van der Waals surface area contributed by atoms with E-state index in [1.807, 2.05) is 0 Å². The SMILES string of the molecule is C1CC2CC(C1)C1CC2CC2CCC21.C1CC2CC(C1)C1CC2CC2CCC21.C1CC2CC(C1)C1CC2CC2CCC21.C1CC2CC(C1)C1CC2CC2CCC21.C1CC2CC(C1)C1CC2CC2CCC21.C1CC2CC(C1)C1CC2CC2CCC21.[3HH].[3HH].[3HH].[3HH].[3HH].[3HH].[3HH].[3HH].[3H][3H].[3H][3H].[3H][3H].[3H][3H].[3H][3H].[3H][3H]. The highest BCUT2D eigenvalue weighted by atomic mass is 14.6. The molecule has 24 fully saturated rings. The minimum absolute atomic E-state index is 0. The number of hydrogen-bond donors (Lipinski definition) is 0. The molecule has 36 atom stereocenters. The Balaban J connectivity index is 0.000000215. The van der Waals surface area contributed by atoms with Gasteiger partial charge in [-0.25, -0.2) is 0 Å². The fourth-order valence-electron chi connectivity index (χ4n) is 32.8. The lowest BCUT2D eigenvalue weighted by Crippen LogP contribution is -2.49. The van der Waals surface area contributed by atoms with Gasteiger partial charge in [-0.3, -0.25) is 0 Å². The van der Waals surface area contributed by atoms with Gasteiger partial charge >= 0.3 is 0 Å². The van der Waals surface area contributed by atoms with E-state index in [0.29, 0.717) is 0 Å². The van der Waals surface area contributed by atoms with Crippen molar-refractivity contribution in [3.63, 3.8) is 0 Å². The Bertz CT molecular complexity index is 1940. The molecule has 0 radical (unpaired) electrons. The van der Waals surface area contributed by atoms with Gasteiger partial charge in [-0.2, -0.15) is 0 Å². The molecule has 24 rings (SSSR count). The molecule has 0 heteroatoms. The molecule has 84 heavy (non-hydrogen) atoms. The molecule has 36 unspecified atom stereocenters. The predicted molar refractivity (Wildman–Crippen MR) is 377 cm³/mol. The third-order valence-electron chi connectivity index (χ3n) is 37.4. The Hall–Kier alpha value is 0. The van der Waals surface area contributed by atoms with Crippen LogP contribution >= 0.6 is 0 Å². The Morgan fingerprint density at radius 1 is 0.107 bits per heavy atom. The highest BCUT2D eigenvalue weighted by Gasteiger charge is 2.57. The zero-order chi connectivity index (χ0) is 66.7. The molecule has 24 aliphatic rings. The van der Waals surface area contributed by atoms with Crippen LogP contribution < -0.4 is 0 Å². The van der Waals surface area contributed by atoms with Gasteiger partial charge in [0.25, 0.3) is 0 Å². The molecule has 0 nitrogen and oxygen atoms in total. The summed E-state index contributed by atoms with van der Waals surface area (Å²) in [6.45, 7) is 0. The van der Waals surface area contributed by atoms with Crippen molar-refractivity contribution in [3.05, 3.63) is 0 Å². The van der Waals surface area contributed by atoms with Crippen molar-refractivity contribution in [2.75, 3.05) is 0 Å². The predicted octanol–water partition coefficient (Wildman–Crippen LogP) is 26.6. The summed E-state index contributed by atoms with van der Waals surface area (Å²) in [4.78, 5) is 0. The summed E-state index contributed by atoms with van der Waals surface area (Å²) in [7, 11) is 0. The summed E-state index contributed by atoms with van der Waals surface area (Å²) in [5.41, 5.74) is 0. The molecule has 0 aromatic rings. The van der Waals surface area contributed by atoms with Gasteiger partial charge < -0.3 is 0 Å². The van der Waals surface area contributed by atoms with Crippen LogP contribution in [-0.4, -0.2) is 0 Å². The van der Waals surface area contributed by atoms with Crippen molar-refractivity contribution in [3.8, 4) is 0 Å². The molecule has 24 saturated carbocycles. The van der Waals surface area contributed by atoms with E-state index in [2.05, 4.69) is 0 Å². The number of rotatable bonds is 0. The lowest BCUT2D eigenvalue weighted by atomic mass is 9.47. The lowest BCUT2D eigenvalue weighted by molar-refractivity contribution is -0.0817. The average Bonchev–Trinajstić information content (AvgIpc) is 0.791. The van der Waals surface area contributed by atoms with Crippen molar-refractivity contribution < 1.29 is 29.2 Å². The molecule has 24 aliphatic carbocycles. The zero-order valence-corrected chi connectivity index (χ0v) is 54.7. The van der Waals surface area contributed by atoms with E-state index < -0.39 is 0 Å². The van der Waals surface area contributed by atoms with Gasteiger partial charge in [0, 0.05) is 29.2 Å². The highest BCUT2D eigenvalue weighted by molar-refractivity contribution is 5.07. The van der Waals surface area contributed by atoms with Crippen LogP contribution in [0.5, 0.6) is 0 Å². The van der Waals surface area contributed by atoms with Crippen LogP contribution in [0.2, 0.25) is 0 Å². The van der Waals surface area contributed by atoms with Gasteiger partial charge in [0.1, 0.15) is 0 Å². The van der Waals surface area contributed by atoms with Crippen LogP contribution in [0.1, 0.15) is 337 Å². The molecule has 496 valence electrons. The maximum atomic E-state index is 5.00. The average molecular weight is 1210 g/mol. The number of fused-ring (bicyclic) bond motifs is 48. The fraction of sp³-hybridized carbons (Fsp3) is 1.00. The molecule has 0 aliphatic heterocycles. The van der Waals surface area contributed by atoms with Crippen molar-refractivity contribution in [1.29, 1.82) is 0 Å². The highest BCUT2D eigenvalue weighted by Crippen LogP contribution is 2.67. The first-order chi connectivity index (χ1) is 47.5. The summed E-state index contributed by atoms with van der Waals surface area (Å²) in [6.07, 6.45) is 77.2. The molecule has 0 N–H and O–H groups in total. The number of hydrogen-bond acceptors (Lipinski definition) is 0. The van der Waals surface area contributed by atoms with E-state index in [1.165, 1.54) is 213 Å². The van der Waals surface area contributed by atoms with Crippen LogP contribution in [0.4, 0.5) is 0 Å². The Morgan fingerprint density at radius 2 is 0.238 bits per heavy atom. The van der Waals surface area contributed by atoms with E-state index in [4.69, 9.17) is 17.8 Å². The third-order valence-corrected chi connectivity index (χ3v) is 37.4. The molecule has 0 aromatic carbocycles. The van der Waals surface area contributed by atoms with Crippen LogP contribution in [0.3, 0.4) is 0 Å². The van der Waals surface area contributed by atoms with Crippen molar-refractivity contribution in [2.24, 2.45) is 213 Å². The van der Waals surface area contributed by atoms with Gasteiger partial charge in [0.05, 0.1) is 0 Å². The second-order valence-electron chi connectivity index (χ2n) is 39.5. The topological polar surface area (TPSA) is 0 Å². The monoisotopic (exact) mass is 1210 g/mol. The van der Waals surface area contributed by atoms with E-state index >= 15 is 0 Å². The van der Waals surface area contributed by atoms with Gasteiger partial charge in [-0.15, -0.1) is 0 Å². The Kier molecular flexibility index (Phi) is 13.5. The molecule has 0 saturated heterocycles. The summed E-state index contributed by atoms with van der Waals surface area (Å²) in [5.74, 6) is 42.8. The molecular formula is C84H160. The minimum atomic E-state index is 0. The van der Waals surface area contributed by atoms with Crippen LogP contribution in [-0.2, 0) is 0 Å². The summed E-state index contributed by atoms with van der Waals surface area (Å²) >= 11 is 0. The largest absolute Gasteiger partial charge is 0.0528 e. The van der Waals surface area contributed by atoms with Gasteiger partial charge in [-0.05, 0) is 406 Å². The van der Waals surface area contributed by atoms with E-state index in [-0.39, 0.29) is 11.4 Å². The molecule has 0 amide bonds. The second kappa shape index (κ2) is 22.9. The van der Waals surface area contributed by atoms with Crippen molar-refractivity contribution in [1.82, 2.24) is 0 Å². The standard InChI is InChI=1S/6C14H22.14H2/c6*1-2-9-6-10(3-1)14-8-12(9)7-11-4-5-13(11)14;;;;;;;;;;;;;;/h6*9-14H,1-8H2;14*1H/i;;;;;;6*1+2T;8*1+2. The van der Waals surface area contributed by atoms with Crippen LogP contribution in [0, 0.1) is 213 Å². The maximum absolute atomic E-state index is 5.00. The third kappa shape index (κ3) is 9.83. The molecule has 24 bridgehead atoms. The summed E-state index contributed by atoms with van der Waals surface area (Å²) in [6, 6.07) is 0. The second-order valence-corrected chi connectivity index (χ2v) is 39.5. The first-order valence-corrected chi connectivity index (χ1v) is 41.5. The van der Waals surface area contributed by atoms with Gasteiger partial charge in [0.2, 0.25) is 0 Å². The van der Waals surface area contributed by atoms with Crippen molar-refractivity contribution >= 4 is 0 Å². The first kappa shape index (κ1) is 49.6. The molecule has 0 spiro atoms. The summed E-state index contributed by atoms with van der Waals surface area (Å²) < 4.78 is 60.0. The quantitative estimate of drug-likeness (QED) is 0.227. The van der Waals surface area contributed by atoms with E-state index in [1.54, 1.807) is 308 Å². The van der Waals surface area contributed by atoms with E-state index in [9.17, 15) is 0 Å². The van der Waals surface area contributed by atoms with Crippen molar-refractivity contribution in [2.45, 2.75) is 308 Å². The smallest absolute Gasteiger partial charge is 0 e. The van der Waals surface area contributed by atoms with Gasteiger partial charge in [-0.1, -0.05) is 116 Å². The molecule has 0 aromatic heterocycles. The fourth-order valence-corrected chi connectivity index (χ4v) is 32.8. The molecule has 0 heterocycles. The van der Waals surface area contributed by atoms with Crippen LogP contribution in [0.25, 0.3) is 0 Å². The molecular weight excluding hydrogens is 1010 g/mol. The minimum Gasteiger partial charge on any atom is -0.0528 e. The normalized spacial score (nSPS) is 60.6. The maximum Gasteiger partial charge on any atom is 0 e. The Labute approximate surface area is 548 Å². The first-order valence-electron chi connectivity index (χ1n) is 47.5. The Morgan fingerprint density at radius 3 is 0.381 bits per heavy atom. The van der Waals surface area contributed by atoms with Gasteiger partial charge in [0.15, 0.2) is 0 Å². The van der Waals surface area contributed by atoms with Crippen LogP contribution in [0.15, 0.2) is 0 Å².